The molecule has 4 aliphatic rings. The predicted octanol–water partition coefficient (Wildman–Crippen LogP) is 2.73. The Balaban J connectivity index is 1.00. The Morgan fingerprint density at radius 3 is 2.37 bits per heavy atom. The normalized spacial score (nSPS) is 18.5. The summed E-state index contributed by atoms with van der Waals surface area (Å²) in [4.78, 5) is 102. The molecular weight excluding hydrogens is 841 g/mol. The molecule has 0 saturated carbocycles. The van der Waals surface area contributed by atoms with E-state index in [4.69, 9.17) is 16.3 Å². The highest BCUT2D eigenvalue weighted by molar-refractivity contribution is 6.33. The number of rotatable bonds is 10. The highest BCUT2D eigenvalue weighted by Gasteiger charge is 2.46. The first kappa shape index (κ1) is 42.2. The van der Waals surface area contributed by atoms with E-state index in [1.54, 1.807) is 11.5 Å². The third-order valence-electron chi connectivity index (χ3n) is 11.1. The third kappa shape index (κ3) is 8.05. The predicted molar refractivity (Wildman–Crippen MR) is 216 cm³/mol. The number of imide groups is 2. The fourth-order valence-electron chi connectivity index (χ4n) is 8.06. The molecule has 18 nitrogen and oxygen atoms in total. The monoisotopic (exact) mass is 878 g/mol. The number of benzene rings is 2. The largest absolute Gasteiger partial charge is 0.416 e. The topological polar surface area (TPSA) is 210 Å². The molecule has 3 N–H and O–H groups in total. The zero-order valence-electron chi connectivity index (χ0n) is 33.0. The van der Waals surface area contributed by atoms with E-state index in [0.29, 0.717) is 38.4 Å². The molecule has 0 aliphatic carbocycles. The molecule has 2 aromatic carbocycles. The summed E-state index contributed by atoms with van der Waals surface area (Å²) >= 11 is 6.14. The summed E-state index contributed by atoms with van der Waals surface area (Å²) in [6.07, 6.45) is -2.13. The fourth-order valence-corrected chi connectivity index (χ4v) is 8.29. The van der Waals surface area contributed by atoms with Gasteiger partial charge in [0.05, 0.1) is 58.5 Å². The fraction of sp³-hybridized carbons (Fsp3) is 0.375. The molecule has 2 aromatic heterocycles. The van der Waals surface area contributed by atoms with Crippen LogP contribution in [0.1, 0.15) is 64.0 Å². The van der Waals surface area contributed by atoms with Crippen molar-refractivity contribution < 1.29 is 46.7 Å². The van der Waals surface area contributed by atoms with Crippen LogP contribution in [0.3, 0.4) is 0 Å². The van der Waals surface area contributed by atoms with Crippen LogP contribution in [0.15, 0.2) is 47.3 Å². The second-order valence-corrected chi connectivity index (χ2v) is 15.4. The van der Waals surface area contributed by atoms with Crippen molar-refractivity contribution >= 4 is 75.5 Å². The number of carbonyl (C=O) groups excluding carboxylic acids is 6. The van der Waals surface area contributed by atoms with Crippen LogP contribution in [0.4, 0.5) is 30.2 Å². The molecule has 6 amide bonds. The Hall–Kier alpha value is -6.45. The number of anilines is 3. The summed E-state index contributed by atoms with van der Waals surface area (Å²) < 4.78 is 47.9. The lowest BCUT2D eigenvalue weighted by atomic mass is 10.0. The van der Waals surface area contributed by atoms with Gasteiger partial charge in [0.15, 0.2) is 5.82 Å². The number of fused-ring (bicyclic) bond motifs is 2. The van der Waals surface area contributed by atoms with Gasteiger partial charge in [0.25, 0.3) is 17.4 Å². The molecule has 1 atom stereocenters. The lowest BCUT2D eigenvalue weighted by Crippen LogP contribution is -2.54. The zero-order valence-corrected chi connectivity index (χ0v) is 33.8. The van der Waals surface area contributed by atoms with Crippen molar-refractivity contribution in [3.8, 4) is 0 Å². The Morgan fingerprint density at radius 2 is 1.69 bits per heavy atom. The minimum absolute atomic E-state index is 0.0181. The number of piperidine rings is 1. The third-order valence-corrected chi connectivity index (χ3v) is 11.4. The summed E-state index contributed by atoms with van der Waals surface area (Å²) in [5, 5.41) is 11.7. The molecule has 62 heavy (non-hydrogen) atoms. The summed E-state index contributed by atoms with van der Waals surface area (Å²) in [5.41, 5.74) is 0.00557. The summed E-state index contributed by atoms with van der Waals surface area (Å²) in [6, 6.07) is 5.83. The number of nitrogens with one attached hydrogen (secondary N) is 3. The molecule has 6 heterocycles. The smallest absolute Gasteiger partial charge is 0.377 e. The van der Waals surface area contributed by atoms with Gasteiger partial charge in [-0.15, -0.1) is 5.10 Å². The van der Waals surface area contributed by atoms with Gasteiger partial charge in [0.2, 0.25) is 29.4 Å². The van der Waals surface area contributed by atoms with E-state index in [-0.39, 0.29) is 83.7 Å². The summed E-state index contributed by atoms with van der Waals surface area (Å²) in [7, 11) is 0. The molecule has 2 saturated heterocycles. The van der Waals surface area contributed by atoms with Crippen molar-refractivity contribution in [3.63, 3.8) is 0 Å². The van der Waals surface area contributed by atoms with Gasteiger partial charge in [-0.3, -0.25) is 48.7 Å². The van der Waals surface area contributed by atoms with Crippen LogP contribution in [-0.2, 0) is 43.1 Å². The van der Waals surface area contributed by atoms with Crippen LogP contribution < -0.4 is 26.4 Å². The van der Waals surface area contributed by atoms with Crippen LogP contribution >= 0.6 is 11.6 Å². The first-order valence-electron chi connectivity index (χ1n) is 19.7. The highest BCUT2D eigenvalue weighted by atomic mass is 35.5. The lowest BCUT2D eigenvalue weighted by Gasteiger charge is -2.36. The van der Waals surface area contributed by atoms with Gasteiger partial charge >= 0.3 is 6.18 Å². The quantitative estimate of drug-likeness (QED) is 0.197. The Morgan fingerprint density at radius 1 is 0.952 bits per heavy atom. The molecule has 4 aromatic rings. The number of hydrogen-bond acceptors (Lipinski definition) is 12. The standard InChI is InChI=1S/C40H38ClF3N10O8/c1-2-27-33(38(61)54-39(48-34(49-54)21-10-16-62-17-11-21)52(27)20-31(57)45-25-7-6-22(18-24(25)41)40(42,43)44)51-14-12-50(13-15-51)19-30(56)46-26-5-3-4-23-32(26)37(60)53(36(23)59)28-8-9-29(55)47-35(28)58/h3-7,10,18,28H,2,8-9,11-17,19-20H2,1H3,(H,45,57)(H,46,56)(H,47,55,58). The van der Waals surface area contributed by atoms with Crippen LogP contribution in [0.5, 0.6) is 0 Å². The molecule has 4 aliphatic heterocycles. The number of carbonyl (C=O) groups is 6. The molecule has 0 radical (unpaired) electrons. The van der Waals surface area contributed by atoms with Crippen LogP contribution in [0.2, 0.25) is 5.02 Å². The molecule has 8 rings (SSSR count). The van der Waals surface area contributed by atoms with E-state index >= 15 is 0 Å². The van der Waals surface area contributed by atoms with Gasteiger partial charge in [-0.05, 0) is 55.2 Å². The van der Waals surface area contributed by atoms with E-state index in [1.165, 1.54) is 18.2 Å². The molecule has 1 unspecified atom stereocenters. The molecule has 22 heteroatoms. The Bertz CT molecular complexity index is 2650. The highest BCUT2D eigenvalue weighted by Crippen LogP contribution is 2.35. The van der Waals surface area contributed by atoms with E-state index < -0.39 is 65.3 Å². The van der Waals surface area contributed by atoms with Crippen molar-refractivity contribution in [2.24, 2.45) is 0 Å². The van der Waals surface area contributed by atoms with Gasteiger partial charge in [-0.2, -0.15) is 22.7 Å². The number of aromatic nitrogens is 4. The lowest BCUT2D eigenvalue weighted by molar-refractivity contribution is -0.138. The summed E-state index contributed by atoms with van der Waals surface area (Å²) in [6.45, 7) is 3.20. The summed E-state index contributed by atoms with van der Waals surface area (Å²) in [5.74, 6) is -3.50. The second-order valence-electron chi connectivity index (χ2n) is 15.0. The van der Waals surface area contributed by atoms with Gasteiger partial charge in [-0.1, -0.05) is 30.7 Å². The molecule has 0 bridgehead atoms. The number of halogens is 4. The van der Waals surface area contributed by atoms with Gasteiger partial charge < -0.3 is 24.8 Å². The maximum Gasteiger partial charge on any atom is 0.416 e. The number of nitrogens with zero attached hydrogens (tertiary/aromatic N) is 7. The average Bonchev–Trinajstić information content (AvgIpc) is 3.80. The number of hydrogen-bond donors (Lipinski definition) is 3. The van der Waals surface area contributed by atoms with Crippen molar-refractivity contribution in [1.29, 1.82) is 0 Å². The Labute approximate surface area is 354 Å². The zero-order chi connectivity index (χ0) is 44.0. The first-order valence-corrected chi connectivity index (χ1v) is 20.1. The average molecular weight is 879 g/mol. The number of alkyl halides is 3. The SMILES string of the molecule is CCc1c(N2CCN(CC(=O)Nc3cccc4c3C(=O)N(C3CCC(=O)NC3=O)C4=O)CC2)c(=O)n2nc(C3=CCOCC3)nc2n1CC(=O)Nc1ccc(C(F)(F)F)cc1Cl. The maximum absolute atomic E-state index is 14.3. The minimum atomic E-state index is -4.64. The molecule has 0 spiro atoms. The van der Waals surface area contributed by atoms with Crippen LogP contribution in [-0.4, -0.2) is 116 Å². The number of piperazine rings is 1. The number of ether oxygens (including phenoxy) is 1. The maximum atomic E-state index is 14.3. The van der Waals surface area contributed by atoms with E-state index in [0.717, 1.165) is 33.2 Å². The van der Waals surface area contributed by atoms with Crippen molar-refractivity contribution in [3.05, 3.63) is 86.1 Å². The van der Waals surface area contributed by atoms with Crippen molar-refractivity contribution in [2.45, 2.75) is 51.4 Å². The number of amides is 6. The van der Waals surface area contributed by atoms with Gasteiger partial charge in [0.1, 0.15) is 18.3 Å². The van der Waals surface area contributed by atoms with E-state index in [9.17, 15) is 46.7 Å². The van der Waals surface area contributed by atoms with E-state index in [1.807, 2.05) is 15.9 Å². The van der Waals surface area contributed by atoms with Crippen LogP contribution in [0.25, 0.3) is 11.4 Å². The van der Waals surface area contributed by atoms with Crippen molar-refractivity contribution in [2.75, 3.05) is 61.5 Å². The van der Waals surface area contributed by atoms with E-state index in [2.05, 4.69) is 26.0 Å². The molecular formula is C40H38ClF3N10O8. The molecule has 324 valence electrons. The van der Waals surface area contributed by atoms with Gasteiger partial charge in [0, 0.05) is 32.6 Å². The minimum Gasteiger partial charge on any atom is -0.377 e. The van der Waals surface area contributed by atoms with Gasteiger partial charge in [-0.25, -0.2) is 0 Å². The second kappa shape index (κ2) is 16.8. The Kier molecular flexibility index (Phi) is 11.4. The first-order chi connectivity index (χ1) is 29.6. The van der Waals surface area contributed by atoms with Crippen LogP contribution in [0, 0.1) is 0 Å². The van der Waals surface area contributed by atoms with Crippen molar-refractivity contribution in [1.82, 2.24) is 34.3 Å². The molecule has 2 fully saturated rings.